The van der Waals surface area contributed by atoms with Gasteiger partial charge in [-0.05, 0) is 6.07 Å². The van der Waals surface area contributed by atoms with Crippen LogP contribution in [0.3, 0.4) is 0 Å². The number of para-hydroxylation sites is 1. The van der Waals surface area contributed by atoms with Crippen molar-refractivity contribution in [3.63, 3.8) is 0 Å². The van der Waals surface area contributed by atoms with Crippen LogP contribution in [0.15, 0.2) is 24.3 Å². The van der Waals surface area contributed by atoms with Crippen LogP contribution < -0.4 is 4.74 Å². The standard InChI is InChI=1S/C10H9NO3/c1-14-9-8(10(12)13)6-4-2-3-5-7(6)11-9/h2-5,11H,1H3,(H,12,13). The number of nitrogens with one attached hydrogen (secondary N) is 1. The van der Waals surface area contributed by atoms with Gasteiger partial charge in [-0.1, -0.05) is 18.2 Å². The van der Waals surface area contributed by atoms with E-state index >= 15 is 0 Å². The number of aromatic amines is 1. The van der Waals surface area contributed by atoms with Crippen LogP contribution in [0.4, 0.5) is 0 Å². The molecule has 0 radical (unpaired) electrons. The molecule has 1 heterocycles. The fraction of sp³-hybridized carbons (Fsp3) is 0.100. The van der Waals surface area contributed by atoms with Gasteiger partial charge in [0.2, 0.25) is 5.88 Å². The van der Waals surface area contributed by atoms with Crippen molar-refractivity contribution >= 4 is 16.9 Å². The molecule has 0 aliphatic rings. The fourth-order valence-electron chi connectivity index (χ4n) is 1.48. The molecule has 0 aliphatic heterocycles. The number of H-pyrrole nitrogens is 1. The first-order chi connectivity index (χ1) is 6.74. The Hall–Kier alpha value is -1.97. The molecule has 2 aromatic rings. The number of aromatic nitrogens is 1. The van der Waals surface area contributed by atoms with Gasteiger partial charge < -0.3 is 14.8 Å². The fourth-order valence-corrected chi connectivity index (χ4v) is 1.48. The zero-order valence-corrected chi connectivity index (χ0v) is 7.57. The average molecular weight is 191 g/mol. The predicted molar refractivity (Wildman–Crippen MR) is 51.8 cm³/mol. The van der Waals surface area contributed by atoms with Gasteiger partial charge in [-0.15, -0.1) is 0 Å². The first kappa shape index (κ1) is 8.62. The molecular formula is C10H9NO3. The van der Waals surface area contributed by atoms with E-state index in [1.165, 1.54) is 7.11 Å². The lowest BCUT2D eigenvalue weighted by atomic mass is 10.2. The van der Waals surface area contributed by atoms with Crippen molar-refractivity contribution in [1.29, 1.82) is 0 Å². The van der Waals surface area contributed by atoms with Gasteiger partial charge in [-0.25, -0.2) is 4.79 Å². The van der Waals surface area contributed by atoms with E-state index in [0.717, 1.165) is 5.52 Å². The third-order valence-electron chi connectivity index (χ3n) is 2.09. The lowest BCUT2D eigenvalue weighted by Gasteiger charge is -1.96. The van der Waals surface area contributed by atoms with E-state index in [0.29, 0.717) is 11.3 Å². The number of carboxylic acid groups (broad SMARTS) is 1. The quantitative estimate of drug-likeness (QED) is 0.761. The molecule has 0 aliphatic carbocycles. The summed E-state index contributed by atoms with van der Waals surface area (Å²) < 4.78 is 4.96. The SMILES string of the molecule is COc1[nH]c2ccccc2c1C(=O)O. The summed E-state index contributed by atoms with van der Waals surface area (Å²) in [5, 5.41) is 9.65. The van der Waals surface area contributed by atoms with Crippen molar-refractivity contribution in [3.05, 3.63) is 29.8 Å². The average Bonchev–Trinajstić information content (AvgIpc) is 2.55. The van der Waals surface area contributed by atoms with Crippen LogP contribution in [0.2, 0.25) is 0 Å². The molecule has 0 amide bonds. The van der Waals surface area contributed by atoms with Crippen molar-refractivity contribution in [2.75, 3.05) is 7.11 Å². The van der Waals surface area contributed by atoms with Crippen LogP contribution in [0.1, 0.15) is 10.4 Å². The molecule has 0 unspecified atom stereocenters. The minimum absolute atomic E-state index is 0.183. The summed E-state index contributed by atoms with van der Waals surface area (Å²) in [5.74, 6) is -0.696. The number of methoxy groups -OCH3 is 1. The highest BCUT2D eigenvalue weighted by molar-refractivity contribution is 6.05. The molecule has 0 spiro atoms. The van der Waals surface area contributed by atoms with Gasteiger partial charge in [0.05, 0.1) is 7.11 Å². The van der Waals surface area contributed by atoms with Crippen LogP contribution in [-0.2, 0) is 0 Å². The molecule has 4 heteroatoms. The summed E-state index contributed by atoms with van der Waals surface area (Å²) in [6, 6.07) is 7.19. The van der Waals surface area contributed by atoms with Crippen molar-refractivity contribution < 1.29 is 14.6 Å². The number of carbonyl (C=O) groups is 1. The molecule has 1 aromatic carbocycles. The van der Waals surface area contributed by atoms with Crippen molar-refractivity contribution in [2.24, 2.45) is 0 Å². The summed E-state index contributed by atoms with van der Waals surface area (Å²) in [6.07, 6.45) is 0. The second-order valence-corrected chi connectivity index (χ2v) is 2.88. The summed E-state index contributed by atoms with van der Waals surface area (Å²) >= 11 is 0. The lowest BCUT2D eigenvalue weighted by molar-refractivity contribution is 0.0695. The van der Waals surface area contributed by atoms with E-state index in [-0.39, 0.29) is 5.56 Å². The van der Waals surface area contributed by atoms with Crippen molar-refractivity contribution in [3.8, 4) is 5.88 Å². The third-order valence-corrected chi connectivity index (χ3v) is 2.09. The van der Waals surface area contributed by atoms with Crippen LogP contribution >= 0.6 is 0 Å². The van der Waals surface area contributed by atoms with Gasteiger partial charge in [0, 0.05) is 10.9 Å². The van der Waals surface area contributed by atoms with E-state index in [4.69, 9.17) is 9.84 Å². The number of ether oxygens (including phenoxy) is 1. The summed E-state index contributed by atoms with van der Waals surface area (Å²) in [4.78, 5) is 13.8. The second kappa shape index (κ2) is 3.06. The summed E-state index contributed by atoms with van der Waals surface area (Å²) in [7, 11) is 1.44. The molecule has 0 fully saturated rings. The van der Waals surface area contributed by atoms with E-state index in [9.17, 15) is 4.79 Å². The van der Waals surface area contributed by atoms with E-state index < -0.39 is 5.97 Å². The molecular weight excluding hydrogens is 182 g/mol. The minimum Gasteiger partial charge on any atom is -0.482 e. The molecule has 1 aromatic heterocycles. The van der Waals surface area contributed by atoms with Crippen LogP contribution in [0.5, 0.6) is 5.88 Å². The number of benzene rings is 1. The van der Waals surface area contributed by atoms with E-state index in [2.05, 4.69) is 4.98 Å². The van der Waals surface area contributed by atoms with Gasteiger partial charge in [-0.3, -0.25) is 0 Å². The monoisotopic (exact) mass is 191 g/mol. The molecule has 72 valence electrons. The number of hydrogen-bond acceptors (Lipinski definition) is 2. The molecule has 2 N–H and O–H groups in total. The van der Waals surface area contributed by atoms with Crippen molar-refractivity contribution in [2.45, 2.75) is 0 Å². The van der Waals surface area contributed by atoms with Gasteiger partial charge in [0.1, 0.15) is 5.56 Å². The first-order valence-electron chi connectivity index (χ1n) is 4.12. The molecule has 0 saturated carbocycles. The Morgan fingerprint density at radius 3 is 2.79 bits per heavy atom. The first-order valence-corrected chi connectivity index (χ1v) is 4.12. The molecule has 0 atom stereocenters. The number of fused-ring (bicyclic) bond motifs is 1. The Bertz CT molecular complexity index is 487. The highest BCUT2D eigenvalue weighted by Gasteiger charge is 2.17. The zero-order valence-electron chi connectivity index (χ0n) is 7.57. The van der Waals surface area contributed by atoms with Gasteiger partial charge in [0.15, 0.2) is 0 Å². The summed E-state index contributed by atoms with van der Waals surface area (Å²) in [5.41, 5.74) is 0.949. The Balaban J connectivity index is 2.81. The highest BCUT2D eigenvalue weighted by Crippen LogP contribution is 2.27. The van der Waals surface area contributed by atoms with Crippen LogP contribution in [0, 0.1) is 0 Å². The summed E-state index contributed by atoms with van der Waals surface area (Å²) in [6.45, 7) is 0. The molecule has 0 saturated heterocycles. The molecule has 14 heavy (non-hydrogen) atoms. The largest absolute Gasteiger partial charge is 0.482 e. The van der Waals surface area contributed by atoms with E-state index in [1.807, 2.05) is 12.1 Å². The number of hydrogen-bond donors (Lipinski definition) is 2. The second-order valence-electron chi connectivity index (χ2n) is 2.88. The number of carboxylic acids is 1. The van der Waals surface area contributed by atoms with Gasteiger partial charge >= 0.3 is 5.97 Å². The van der Waals surface area contributed by atoms with E-state index in [1.54, 1.807) is 12.1 Å². The smallest absolute Gasteiger partial charge is 0.341 e. The normalized spacial score (nSPS) is 10.4. The third kappa shape index (κ3) is 1.12. The Kier molecular flexibility index (Phi) is 1.89. The minimum atomic E-state index is -0.987. The maximum Gasteiger partial charge on any atom is 0.341 e. The molecule has 4 nitrogen and oxygen atoms in total. The maximum absolute atomic E-state index is 11.0. The van der Waals surface area contributed by atoms with Gasteiger partial charge in [0.25, 0.3) is 0 Å². The molecule has 2 rings (SSSR count). The van der Waals surface area contributed by atoms with Crippen LogP contribution in [-0.4, -0.2) is 23.2 Å². The maximum atomic E-state index is 11.0. The lowest BCUT2D eigenvalue weighted by Crippen LogP contribution is -1.98. The predicted octanol–water partition coefficient (Wildman–Crippen LogP) is 1.87. The topological polar surface area (TPSA) is 62.3 Å². The Morgan fingerprint density at radius 1 is 1.43 bits per heavy atom. The number of aromatic carboxylic acids is 1. The molecule has 0 bridgehead atoms. The van der Waals surface area contributed by atoms with Crippen LogP contribution in [0.25, 0.3) is 10.9 Å². The van der Waals surface area contributed by atoms with Gasteiger partial charge in [-0.2, -0.15) is 0 Å². The Labute approximate surface area is 80.1 Å². The van der Waals surface area contributed by atoms with Crippen molar-refractivity contribution in [1.82, 2.24) is 4.98 Å². The zero-order chi connectivity index (χ0) is 10.1. The number of rotatable bonds is 2. The highest BCUT2D eigenvalue weighted by atomic mass is 16.5. The Morgan fingerprint density at radius 2 is 2.14 bits per heavy atom.